The maximum absolute atomic E-state index is 2.28. The highest BCUT2D eigenvalue weighted by Crippen LogP contribution is 2.29. The lowest BCUT2D eigenvalue weighted by molar-refractivity contribution is 1.15. The SMILES string of the molecule is CCC1=c2ccccc2=C(C)C2=CC=CC=C1C2. The van der Waals surface area contributed by atoms with Gasteiger partial charge in [-0.05, 0) is 52.5 Å². The molecule has 0 aromatic heterocycles. The van der Waals surface area contributed by atoms with Gasteiger partial charge in [-0.2, -0.15) is 0 Å². The summed E-state index contributed by atoms with van der Waals surface area (Å²) < 4.78 is 0. The Kier molecular flexibility index (Phi) is 2.79. The predicted molar refractivity (Wildman–Crippen MR) is 78.4 cm³/mol. The minimum absolute atomic E-state index is 1.07. The van der Waals surface area contributed by atoms with E-state index in [4.69, 9.17) is 0 Å². The van der Waals surface area contributed by atoms with Gasteiger partial charge in [0.05, 0.1) is 0 Å². The Morgan fingerprint density at radius 2 is 1.61 bits per heavy atom. The van der Waals surface area contributed by atoms with Gasteiger partial charge in [0, 0.05) is 0 Å². The fraction of sp³-hybridized carbons (Fsp3) is 0.222. The summed E-state index contributed by atoms with van der Waals surface area (Å²) in [5, 5.41) is 2.82. The molecule has 1 aromatic rings. The Labute approximate surface area is 108 Å². The van der Waals surface area contributed by atoms with Crippen LogP contribution in [0.4, 0.5) is 0 Å². The number of hydrogen-bond donors (Lipinski definition) is 0. The third-order valence-electron chi connectivity index (χ3n) is 3.97. The lowest BCUT2D eigenvalue weighted by Gasteiger charge is -2.09. The molecule has 3 rings (SSSR count). The van der Waals surface area contributed by atoms with E-state index < -0.39 is 0 Å². The fourth-order valence-corrected chi connectivity index (χ4v) is 2.97. The molecule has 90 valence electrons. The molecular weight excluding hydrogens is 216 g/mol. The van der Waals surface area contributed by atoms with Crippen molar-refractivity contribution >= 4 is 11.1 Å². The van der Waals surface area contributed by atoms with Gasteiger partial charge in [0.25, 0.3) is 0 Å². The first-order valence-electron chi connectivity index (χ1n) is 6.67. The number of hydrogen-bond acceptors (Lipinski definition) is 0. The molecule has 0 spiro atoms. The van der Waals surface area contributed by atoms with Gasteiger partial charge >= 0.3 is 0 Å². The molecule has 0 heterocycles. The monoisotopic (exact) mass is 234 g/mol. The van der Waals surface area contributed by atoms with Crippen LogP contribution in [0.1, 0.15) is 26.7 Å². The van der Waals surface area contributed by atoms with Crippen molar-refractivity contribution in [2.24, 2.45) is 0 Å². The van der Waals surface area contributed by atoms with E-state index in [0.29, 0.717) is 0 Å². The van der Waals surface area contributed by atoms with E-state index in [2.05, 4.69) is 62.4 Å². The van der Waals surface area contributed by atoms with Gasteiger partial charge in [-0.3, -0.25) is 0 Å². The molecule has 0 saturated heterocycles. The van der Waals surface area contributed by atoms with Crippen LogP contribution in [-0.4, -0.2) is 0 Å². The van der Waals surface area contributed by atoms with Crippen LogP contribution in [0.25, 0.3) is 11.1 Å². The fourth-order valence-electron chi connectivity index (χ4n) is 2.97. The summed E-state index contributed by atoms with van der Waals surface area (Å²) in [4.78, 5) is 0. The van der Waals surface area contributed by atoms with Gasteiger partial charge in [-0.1, -0.05) is 55.5 Å². The standard InChI is InChI=1S/C18H18/c1-3-16-15-9-5-4-8-14(12-15)13(2)17-10-6-7-11-18(16)17/h4-11H,3,12H2,1-2H3. The number of allylic oxidation sites excluding steroid dienone is 6. The quantitative estimate of drug-likeness (QED) is 0.700. The van der Waals surface area contributed by atoms with E-state index in [-0.39, 0.29) is 0 Å². The molecule has 0 atom stereocenters. The Bertz CT molecular complexity index is 694. The average Bonchev–Trinajstić information content (AvgIpc) is 2.70. The van der Waals surface area contributed by atoms with Crippen molar-refractivity contribution in [3.63, 3.8) is 0 Å². The van der Waals surface area contributed by atoms with Crippen molar-refractivity contribution in [1.29, 1.82) is 0 Å². The van der Waals surface area contributed by atoms with Crippen LogP contribution in [0, 0.1) is 0 Å². The molecule has 0 N–H and O–H groups in total. The van der Waals surface area contributed by atoms with E-state index in [1.165, 1.54) is 32.7 Å². The Morgan fingerprint density at radius 3 is 2.33 bits per heavy atom. The second kappa shape index (κ2) is 4.45. The van der Waals surface area contributed by atoms with Crippen LogP contribution < -0.4 is 10.4 Å². The molecule has 18 heavy (non-hydrogen) atoms. The minimum Gasteiger partial charge on any atom is -0.0620 e. The molecule has 2 aliphatic rings. The molecule has 0 heteroatoms. The van der Waals surface area contributed by atoms with Crippen molar-refractivity contribution in [3.8, 4) is 0 Å². The van der Waals surface area contributed by atoms with E-state index in [1.807, 2.05) is 0 Å². The first kappa shape index (κ1) is 11.3. The van der Waals surface area contributed by atoms with Gasteiger partial charge in [0.1, 0.15) is 0 Å². The lowest BCUT2D eigenvalue weighted by Crippen LogP contribution is -2.27. The average molecular weight is 234 g/mol. The normalized spacial score (nSPS) is 17.7. The summed E-state index contributed by atoms with van der Waals surface area (Å²) in [6.07, 6.45) is 11.0. The second-order valence-electron chi connectivity index (χ2n) is 4.95. The summed E-state index contributed by atoms with van der Waals surface area (Å²) in [5.41, 5.74) is 5.85. The summed E-state index contributed by atoms with van der Waals surface area (Å²) in [5.74, 6) is 0. The van der Waals surface area contributed by atoms with E-state index in [9.17, 15) is 0 Å². The second-order valence-corrected chi connectivity index (χ2v) is 4.95. The summed E-state index contributed by atoms with van der Waals surface area (Å²) in [6.45, 7) is 4.51. The molecule has 2 aliphatic carbocycles. The van der Waals surface area contributed by atoms with Gasteiger partial charge in [0.15, 0.2) is 0 Å². The zero-order chi connectivity index (χ0) is 12.5. The minimum atomic E-state index is 1.07. The maximum Gasteiger partial charge on any atom is -0.00200 e. The van der Waals surface area contributed by atoms with Crippen molar-refractivity contribution in [2.45, 2.75) is 26.7 Å². The van der Waals surface area contributed by atoms with E-state index in [0.717, 1.165) is 12.8 Å². The molecule has 0 radical (unpaired) electrons. The first-order chi connectivity index (χ1) is 8.81. The predicted octanol–water partition coefficient (Wildman–Crippen LogP) is 3.24. The van der Waals surface area contributed by atoms with Gasteiger partial charge < -0.3 is 0 Å². The lowest BCUT2D eigenvalue weighted by atomic mass is 9.96. The molecule has 0 unspecified atom stereocenters. The van der Waals surface area contributed by atoms with Crippen molar-refractivity contribution in [3.05, 3.63) is 70.2 Å². The highest BCUT2D eigenvalue weighted by molar-refractivity contribution is 5.75. The Hall–Kier alpha value is -1.82. The van der Waals surface area contributed by atoms with Crippen LogP contribution in [-0.2, 0) is 0 Å². The number of benzene rings is 1. The van der Waals surface area contributed by atoms with Crippen molar-refractivity contribution < 1.29 is 0 Å². The summed E-state index contributed by atoms with van der Waals surface area (Å²) in [7, 11) is 0. The molecule has 0 nitrogen and oxygen atoms in total. The van der Waals surface area contributed by atoms with Crippen LogP contribution in [0.3, 0.4) is 0 Å². The molecule has 0 aliphatic heterocycles. The first-order valence-corrected chi connectivity index (χ1v) is 6.67. The zero-order valence-electron chi connectivity index (χ0n) is 11.0. The van der Waals surface area contributed by atoms with Crippen molar-refractivity contribution in [1.82, 2.24) is 0 Å². The topological polar surface area (TPSA) is 0 Å². The number of fused-ring (bicyclic) bond motifs is 3. The molecule has 0 amide bonds. The van der Waals surface area contributed by atoms with Gasteiger partial charge in [-0.15, -0.1) is 0 Å². The summed E-state index contributed by atoms with van der Waals surface area (Å²) in [6, 6.07) is 8.81. The molecule has 1 aromatic carbocycles. The maximum atomic E-state index is 2.28. The largest absolute Gasteiger partial charge is 0.0620 e. The van der Waals surface area contributed by atoms with Crippen LogP contribution in [0.5, 0.6) is 0 Å². The van der Waals surface area contributed by atoms with Crippen molar-refractivity contribution in [2.75, 3.05) is 0 Å². The van der Waals surface area contributed by atoms with Gasteiger partial charge in [0.2, 0.25) is 0 Å². The van der Waals surface area contributed by atoms with Gasteiger partial charge in [-0.25, -0.2) is 0 Å². The molecule has 0 saturated carbocycles. The molecule has 0 fully saturated rings. The van der Waals surface area contributed by atoms with E-state index in [1.54, 1.807) is 0 Å². The third kappa shape index (κ3) is 1.69. The Balaban J connectivity index is 2.53. The van der Waals surface area contributed by atoms with Crippen LogP contribution >= 0.6 is 0 Å². The highest BCUT2D eigenvalue weighted by atomic mass is 14.2. The zero-order valence-corrected chi connectivity index (χ0v) is 11.0. The molecular formula is C18H18. The smallest absolute Gasteiger partial charge is 0.00200 e. The molecule has 2 bridgehead atoms. The highest BCUT2D eigenvalue weighted by Gasteiger charge is 2.14. The number of rotatable bonds is 1. The summed E-state index contributed by atoms with van der Waals surface area (Å²) >= 11 is 0. The van der Waals surface area contributed by atoms with Crippen LogP contribution in [0.15, 0.2) is 59.7 Å². The van der Waals surface area contributed by atoms with Crippen LogP contribution in [0.2, 0.25) is 0 Å². The third-order valence-corrected chi connectivity index (χ3v) is 3.97. The van der Waals surface area contributed by atoms with E-state index >= 15 is 0 Å². The Morgan fingerprint density at radius 1 is 0.944 bits per heavy atom.